The first-order chi connectivity index (χ1) is 7.83. The van der Waals surface area contributed by atoms with Crippen molar-refractivity contribution in [3.63, 3.8) is 0 Å². The van der Waals surface area contributed by atoms with Crippen molar-refractivity contribution in [3.8, 4) is 0 Å². The molecule has 0 spiro atoms. The molecule has 0 aliphatic carbocycles. The number of para-hydroxylation sites is 1. The fourth-order valence-corrected chi connectivity index (χ4v) is 2.94. The summed E-state index contributed by atoms with van der Waals surface area (Å²) in [4.78, 5) is 2.17. The minimum atomic E-state index is -0.0975. The lowest BCUT2D eigenvalue weighted by Gasteiger charge is -2.30. The molecule has 1 aromatic carbocycles. The molecule has 1 saturated heterocycles. The summed E-state index contributed by atoms with van der Waals surface area (Å²) < 4.78 is 13.9. The first kappa shape index (κ1) is 11.7. The van der Waals surface area contributed by atoms with Gasteiger partial charge in [-0.05, 0) is 18.7 Å². The molecule has 0 radical (unpaired) electrons. The molecule has 1 fully saturated rings. The molecular weight excluding hydrogens is 223 g/mol. The first-order valence-electron chi connectivity index (χ1n) is 5.57. The van der Waals surface area contributed by atoms with Gasteiger partial charge in [-0.25, -0.2) is 4.39 Å². The Labute approximate surface area is 100 Å². The van der Waals surface area contributed by atoms with E-state index in [1.54, 1.807) is 12.1 Å². The Kier molecular flexibility index (Phi) is 4.07. The number of rotatable bonds is 3. The predicted octanol–water partition coefficient (Wildman–Crippen LogP) is 2.10. The summed E-state index contributed by atoms with van der Waals surface area (Å²) in [6.07, 6.45) is 0. The number of hydrogen-bond donors (Lipinski definition) is 1. The van der Waals surface area contributed by atoms with Gasteiger partial charge in [0.2, 0.25) is 0 Å². The van der Waals surface area contributed by atoms with Crippen LogP contribution in [-0.2, 0) is 6.54 Å². The average molecular weight is 240 g/mol. The van der Waals surface area contributed by atoms with Crippen molar-refractivity contribution in [3.05, 3.63) is 29.6 Å². The summed E-state index contributed by atoms with van der Waals surface area (Å²) >= 11 is 1.94. The highest BCUT2D eigenvalue weighted by atomic mass is 32.2. The van der Waals surface area contributed by atoms with Crippen LogP contribution >= 0.6 is 11.8 Å². The Morgan fingerprint density at radius 2 is 2.12 bits per heavy atom. The van der Waals surface area contributed by atoms with Gasteiger partial charge in [0.15, 0.2) is 0 Å². The zero-order valence-corrected chi connectivity index (χ0v) is 10.3. The van der Waals surface area contributed by atoms with Crippen molar-refractivity contribution in [2.24, 2.45) is 0 Å². The lowest BCUT2D eigenvalue weighted by molar-refractivity contribution is 0.615. The summed E-state index contributed by atoms with van der Waals surface area (Å²) in [7, 11) is 1.89. The van der Waals surface area contributed by atoms with Crippen LogP contribution in [0.4, 0.5) is 10.1 Å². The van der Waals surface area contributed by atoms with Crippen LogP contribution in [0.15, 0.2) is 18.2 Å². The van der Waals surface area contributed by atoms with Crippen LogP contribution in [0.2, 0.25) is 0 Å². The Morgan fingerprint density at radius 3 is 2.81 bits per heavy atom. The van der Waals surface area contributed by atoms with Crippen LogP contribution in [0.1, 0.15) is 5.56 Å². The van der Waals surface area contributed by atoms with Crippen LogP contribution in [0.3, 0.4) is 0 Å². The molecule has 0 aromatic heterocycles. The van der Waals surface area contributed by atoms with E-state index in [0.29, 0.717) is 0 Å². The molecule has 1 heterocycles. The maximum Gasteiger partial charge on any atom is 0.146 e. The van der Waals surface area contributed by atoms with Crippen molar-refractivity contribution in [2.75, 3.05) is 36.5 Å². The van der Waals surface area contributed by atoms with E-state index in [2.05, 4.69) is 10.2 Å². The summed E-state index contributed by atoms with van der Waals surface area (Å²) in [5.74, 6) is 2.08. The zero-order chi connectivity index (χ0) is 11.4. The summed E-state index contributed by atoms with van der Waals surface area (Å²) in [5.41, 5.74) is 1.84. The van der Waals surface area contributed by atoms with Gasteiger partial charge in [-0.15, -0.1) is 0 Å². The van der Waals surface area contributed by atoms with E-state index in [-0.39, 0.29) is 5.82 Å². The fraction of sp³-hybridized carbons (Fsp3) is 0.500. The third-order valence-electron chi connectivity index (χ3n) is 2.76. The van der Waals surface area contributed by atoms with Gasteiger partial charge in [-0.1, -0.05) is 12.1 Å². The highest BCUT2D eigenvalue weighted by Crippen LogP contribution is 2.26. The molecule has 1 aliphatic heterocycles. The van der Waals surface area contributed by atoms with E-state index in [0.717, 1.165) is 42.4 Å². The van der Waals surface area contributed by atoms with Crippen LogP contribution in [0.5, 0.6) is 0 Å². The molecule has 2 nitrogen and oxygen atoms in total. The topological polar surface area (TPSA) is 15.3 Å². The molecule has 0 atom stereocenters. The molecule has 0 bridgehead atoms. The summed E-state index contributed by atoms with van der Waals surface area (Å²) in [5, 5.41) is 3.09. The Morgan fingerprint density at radius 1 is 1.38 bits per heavy atom. The van der Waals surface area contributed by atoms with Crippen LogP contribution < -0.4 is 10.2 Å². The maximum atomic E-state index is 13.9. The van der Waals surface area contributed by atoms with E-state index >= 15 is 0 Å². The number of nitrogens with one attached hydrogen (secondary N) is 1. The normalized spacial score (nSPS) is 16.5. The number of benzene rings is 1. The molecule has 16 heavy (non-hydrogen) atoms. The number of thioether (sulfide) groups is 1. The van der Waals surface area contributed by atoms with Crippen molar-refractivity contribution >= 4 is 17.4 Å². The lowest BCUT2D eigenvalue weighted by Crippen LogP contribution is -2.34. The van der Waals surface area contributed by atoms with Gasteiger partial charge in [0.1, 0.15) is 5.82 Å². The van der Waals surface area contributed by atoms with Gasteiger partial charge in [0.25, 0.3) is 0 Å². The number of hydrogen-bond acceptors (Lipinski definition) is 3. The first-order valence-corrected chi connectivity index (χ1v) is 6.73. The standard InChI is InChI=1S/C12H17FN2S/c1-14-9-10-3-2-4-11(13)12(10)15-5-7-16-8-6-15/h2-4,14H,5-9H2,1H3. The monoisotopic (exact) mass is 240 g/mol. The van der Waals surface area contributed by atoms with Gasteiger partial charge >= 0.3 is 0 Å². The van der Waals surface area contributed by atoms with Gasteiger partial charge in [-0.3, -0.25) is 0 Å². The third-order valence-corrected chi connectivity index (χ3v) is 3.71. The van der Waals surface area contributed by atoms with Gasteiger partial charge in [0.05, 0.1) is 5.69 Å². The zero-order valence-electron chi connectivity index (χ0n) is 9.50. The van der Waals surface area contributed by atoms with E-state index in [1.807, 2.05) is 24.9 Å². The maximum absolute atomic E-state index is 13.9. The van der Waals surface area contributed by atoms with Crippen molar-refractivity contribution in [2.45, 2.75) is 6.54 Å². The molecule has 1 N–H and O–H groups in total. The summed E-state index contributed by atoms with van der Waals surface area (Å²) in [6.45, 7) is 2.61. The molecule has 1 aromatic rings. The van der Waals surface area contributed by atoms with Crippen LogP contribution in [0.25, 0.3) is 0 Å². The highest BCUT2D eigenvalue weighted by molar-refractivity contribution is 7.99. The van der Waals surface area contributed by atoms with Crippen molar-refractivity contribution in [1.29, 1.82) is 0 Å². The molecule has 4 heteroatoms. The fourth-order valence-electron chi connectivity index (χ4n) is 2.03. The molecule has 0 unspecified atom stereocenters. The Bertz CT molecular complexity index is 351. The van der Waals surface area contributed by atoms with E-state index in [1.165, 1.54) is 0 Å². The molecule has 88 valence electrons. The van der Waals surface area contributed by atoms with Crippen molar-refractivity contribution in [1.82, 2.24) is 5.32 Å². The largest absolute Gasteiger partial charge is 0.367 e. The molecule has 0 amide bonds. The van der Waals surface area contributed by atoms with E-state index in [4.69, 9.17) is 0 Å². The highest BCUT2D eigenvalue weighted by Gasteiger charge is 2.17. The number of nitrogens with zero attached hydrogens (tertiary/aromatic N) is 1. The van der Waals surface area contributed by atoms with E-state index in [9.17, 15) is 4.39 Å². The minimum Gasteiger partial charge on any atom is -0.367 e. The number of anilines is 1. The second-order valence-corrected chi connectivity index (χ2v) is 5.10. The predicted molar refractivity (Wildman–Crippen MR) is 68.7 cm³/mol. The third kappa shape index (κ3) is 2.50. The number of halogens is 1. The molecule has 0 saturated carbocycles. The van der Waals surface area contributed by atoms with Gasteiger partial charge < -0.3 is 10.2 Å². The van der Waals surface area contributed by atoms with Crippen molar-refractivity contribution < 1.29 is 4.39 Å². The van der Waals surface area contributed by atoms with Crippen LogP contribution in [0, 0.1) is 5.82 Å². The Balaban J connectivity index is 2.28. The molecular formula is C12H17FN2S. The van der Waals surface area contributed by atoms with Crippen LogP contribution in [-0.4, -0.2) is 31.6 Å². The molecule has 2 rings (SSSR count). The van der Waals surface area contributed by atoms with Gasteiger partial charge in [0, 0.05) is 31.1 Å². The summed E-state index contributed by atoms with van der Waals surface area (Å²) in [6, 6.07) is 5.33. The quantitative estimate of drug-likeness (QED) is 0.871. The lowest BCUT2D eigenvalue weighted by atomic mass is 10.1. The minimum absolute atomic E-state index is 0.0975. The second-order valence-electron chi connectivity index (χ2n) is 3.88. The second kappa shape index (κ2) is 5.55. The molecule has 1 aliphatic rings. The average Bonchev–Trinajstić information content (AvgIpc) is 2.31. The Hall–Kier alpha value is -0.740. The van der Waals surface area contributed by atoms with Gasteiger partial charge in [-0.2, -0.15) is 11.8 Å². The SMILES string of the molecule is CNCc1cccc(F)c1N1CCSCC1. The van der Waals surface area contributed by atoms with E-state index < -0.39 is 0 Å². The smallest absolute Gasteiger partial charge is 0.146 e.